The third kappa shape index (κ3) is 3.72. The fourth-order valence-electron chi connectivity index (χ4n) is 5.26. The van der Waals surface area contributed by atoms with E-state index in [0.717, 1.165) is 61.7 Å². The van der Waals surface area contributed by atoms with E-state index in [0.29, 0.717) is 11.5 Å². The summed E-state index contributed by atoms with van der Waals surface area (Å²) in [6.07, 6.45) is 0. The first kappa shape index (κ1) is 23.8. The summed E-state index contributed by atoms with van der Waals surface area (Å²) in [6, 6.07) is 26.0. The second-order valence-corrected chi connectivity index (χ2v) is 9.58. The van der Waals surface area contributed by atoms with Gasteiger partial charge in [0, 0.05) is 41.5 Å². The fourth-order valence-corrected chi connectivity index (χ4v) is 5.26. The molecule has 6 heteroatoms. The second kappa shape index (κ2) is 9.06. The summed E-state index contributed by atoms with van der Waals surface area (Å²) in [4.78, 5) is 3.70. The molecule has 1 aliphatic rings. The maximum atomic E-state index is 6.53. The second-order valence-electron chi connectivity index (χ2n) is 9.58. The van der Waals surface area contributed by atoms with Crippen molar-refractivity contribution in [2.75, 3.05) is 21.3 Å². The molecule has 0 fully saturated rings. The third-order valence-corrected chi connectivity index (χ3v) is 6.84. The van der Waals surface area contributed by atoms with E-state index in [1.54, 1.807) is 21.3 Å². The Bertz CT molecular complexity index is 1570. The van der Waals surface area contributed by atoms with Gasteiger partial charge in [-0.05, 0) is 30.3 Å². The van der Waals surface area contributed by atoms with Crippen LogP contribution in [0, 0.1) is 0 Å². The number of aromatic amines is 1. The Morgan fingerprint density at radius 3 is 1.61 bits per heavy atom. The lowest BCUT2D eigenvalue weighted by molar-refractivity contribution is -0.0426. The molecule has 0 amide bonds. The Labute approximate surface area is 221 Å². The van der Waals surface area contributed by atoms with Crippen molar-refractivity contribution in [1.82, 2.24) is 4.98 Å². The molecule has 0 unspecified atom stereocenters. The Balaban J connectivity index is 1.78. The molecule has 0 saturated heterocycles. The van der Waals surface area contributed by atoms with Crippen LogP contribution < -0.4 is 23.7 Å². The number of nitrogens with one attached hydrogen (secondary N) is 1. The van der Waals surface area contributed by atoms with Gasteiger partial charge in [-0.3, -0.25) is 0 Å². The summed E-state index contributed by atoms with van der Waals surface area (Å²) in [5.74, 6) is 2.72. The van der Waals surface area contributed by atoms with E-state index in [2.05, 4.69) is 11.1 Å². The first-order valence-corrected chi connectivity index (χ1v) is 12.5. The molecule has 38 heavy (non-hydrogen) atoms. The molecule has 6 rings (SSSR count). The van der Waals surface area contributed by atoms with E-state index in [-0.39, 0.29) is 0 Å². The Morgan fingerprint density at radius 1 is 0.605 bits per heavy atom. The van der Waals surface area contributed by atoms with Gasteiger partial charge in [0.1, 0.15) is 17.2 Å². The van der Waals surface area contributed by atoms with Crippen molar-refractivity contribution < 1.29 is 23.7 Å². The number of ether oxygens (including phenoxy) is 5. The average Bonchev–Trinajstić information content (AvgIpc) is 3.51. The minimum atomic E-state index is -0.861. The van der Waals surface area contributed by atoms with Crippen molar-refractivity contribution in [2.45, 2.75) is 19.6 Å². The summed E-state index contributed by atoms with van der Waals surface area (Å²) in [5.41, 5.74) is 6.34. The minimum absolute atomic E-state index is 0.654. The molecule has 1 aromatic heterocycles. The predicted molar refractivity (Wildman–Crippen MR) is 150 cm³/mol. The van der Waals surface area contributed by atoms with Crippen LogP contribution in [-0.2, 0) is 0 Å². The van der Waals surface area contributed by atoms with Crippen LogP contribution in [0.4, 0.5) is 0 Å². The van der Waals surface area contributed by atoms with Crippen molar-refractivity contribution >= 4 is 10.9 Å². The number of hydrogen-bond acceptors (Lipinski definition) is 5. The number of rotatable bonds is 6. The molecule has 0 radical (unpaired) electrons. The molecule has 0 bridgehead atoms. The van der Waals surface area contributed by atoms with Crippen LogP contribution in [0.2, 0.25) is 0 Å². The highest BCUT2D eigenvalue weighted by Gasteiger charge is 2.39. The summed E-state index contributed by atoms with van der Waals surface area (Å²) < 4.78 is 30.3. The number of H-pyrrole nitrogens is 1. The van der Waals surface area contributed by atoms with Gasteiger partial charge in [-0.1, -0.05) is 48.5 Å². The van der Waals surface area contributed by atoms with Crippen LogP contribution in [0.1, 0.15) is 13.8 Å². The average molecular weight is 508 g/mol. The van der Waals surface area contributed by atoms with Crippen molar-refractivity contribution in [3.8, 4) is 62.3 Å². The van der Waals surface area contributed by atoms with Crippen LogP contribution in [0.3, 0.4) is 0 Å². The van der Waals surface area contributed by atoms with Crippen molar-refractivity contribution in [2.24, 2.45) is 0 Å². The van der Waals surface area contributed by atoms with E-state index in [4.69, 9.17) is 23.7 Å². The zero-order valence-corrected chi connectivity index (χ0v) is 22.0. The SMILES string of the molecule is COc1ccccc1-c1cc2c(-c3ccccc3OC)c3c(c(-c4ccccc4OC)c2[nH]1)OC(C)(C)O3. The zero-order chi connectivity index (χ0) is 26.4. The van der Waals surface area contributed by atoms with Crippen LogP contribution in [0.15, 0.2) is 78.9 Å². The Morgan fingerprint density at radius 2 is 1.05 bits per heavy atom. The molecule has 5 aromatic rings. The number of aromatic nitrogens is 1. The smallest absolute Gasteiger partial charge is 0.246 e. The first-order chi connectivity index (χ1) is 18.5. The van der Waals surface area contributed by atoms with E-state index < -0.39 is 5.79 Å². The lowest BCUT2D eigenvalue weighted by atomic mass is 9.93. The van der Waals surface area contributed by atoms with Crippen LogP contribution >= 0.6 is 0 Å². The van der Waals surface area contributed by atoms with Gasteiger partial charge in [0.2, 0.25) is 5.79 Å². The molecule has 0 aliphatic carbocycles. The molecule has 4 aromatic carbocycles. The molecule has 192 valence electrons. The van der Waals surface area contributed by atoms with Crippen LogP contribution in [0.5, 0.6) is 28.7 Å². The van der Waals surface area contributed by atoms with Gasteiger partial charge in [0.15, 0.2) is 11.5 Å². The van der Waals surface area contributed by atoms with Crippen LogP contribution in [-0.4, -0.2) is 32.1 Å². The third-order valence-electron chi connectivity index (χ3n) is 6.84. The van der Waals surface area contributed by atoms with Gasteiger partial charge in [-0.15, -0.1) is 0 Å². The largest absolute Gasteiger partial charge is 0.496 e. The van der Waals surface area contributed by atoms with Gasteiger partial charge in [0.25, 0.3) is 0 Å². The highest BCUT2D eigenvalue weighted by Crippen LogP contribution is 2.58. The van der Waals surface area contributed by atoms with Gasteiger partial charge in [-0.2, -0.15) is 0 Å². The molecule has 1 N–H and O–H groups in total. The van der Waals surface area contributed by atoms with Crippen molar-refractivity contribution in [3.05, 3.63) is 78.9 Å². The zero-order valence-electron chi connectivity index (χ0n) is 22.0. The lowest BCUT2D eigenvalue weighted by Gasteiger charge is -2.17. The van der Waals surface area contributed by atoms with E-state index in [1.807, 2.05) is 86.6 Å². The summed E-state index contributed by atoms with van der Waals surface area (Å²) in [7, 11) is 5.04. The monoisotopic (exact) mass is 507 g/mol. The molecule has 0 spiro atoms. The van der Waals surface area contributed by atoms with Gasteiger partial charge >= 0.3 is 0 Å². The summed E-state index contributed by atoms with van der Waals surface area (Å²) in [5, 5.41) is 0.969. The number of benzene rings is 4. The van der Waals surface area contributed by atoms with E-state index >= 15 is 0 Å². The Kier molecular flexibility index (Phi) is 5.68. The molecular weight excluding hydrogens is 478 g/mol. The summed E-state index contributed by atoms with van der Waals surface area (Å²) >= 11 is 0. The predicted octanol–water partition coefficient (Wildman–Crippen LogP) is 7.70. The molecule has 0 atom stereocenters. The van der Waals surface area contributed by atoms with Crippen molar-refractivity contribution in [3.63, 3.8) is 0 Å². The topological polar surface area (TPSA) is 61.9 Å². The Hall–Kier alpha value is -4.58. The highest BCUT2D eigenvalue weighted by atomic mass is 16.7. The van der Waals surface area contributed by atoms with Gasteiger partial charge in [0.05, 0.1) is 38.1 Å². The molecule has 6 nitrogen and oxygen atoms in total. The van der Waals surface area contributed by atoms with E-state index in [1.165, 1.54) is 0 Å². The standard InChI is InChI=1S/C32H29NO5/c1-32(2)37-30-27(20-13-7-10-16-25(20)35-4)22-18-23(19-12-6-9-15-24(19)34-3)33-29(22)28(31(30)38-32)21-14-8-11-17-26(21)36-5/h6-18,33H,1-5H3. The van der Waals surface area contributed by atoms with E-state index in [9.17, 15) is 0 Å². The van der Waals surface area contributed by atoms with Crippen LogP contribution in [0.25, 0.3) is 44.4 Å². The van der Waals surface area contributed by atoms with Gasteiger partial charge < -0.3 is 28.7 Å². The normalized spacial score (nSPS) is 13.5. The maximum Gasteiger partial charge on any atom is 0.246 e. The maximum absolute atomic E-state index is 6.53. The number of hydrogen-bond donors (Lipinski definition) is 1. The molecule has 2 heterocycles. The number of fused-ring (bicyclic) bond motifs is 2. The summed E-state index contributed by atoms with van der Waals surface area (Å²) in [6.45, 7) is 3.83. The number of para-hydroxylation sites is 3. The van der Waals surface area contributed by atoms with Gasteiger partial charge in [-0.25, -0.2) is 0 Å². The quantitative estimate of drug-likeness (QED) is 0.255. The lowest BCUT2D eigenvalue weighted by Crippen LogP contribution is -2.29. The first-order valence-electron chi connectivity index (χ1n) is 12.5. The minimum Gasteiger partial charge on any atom is -0.496 e. The molecule has 1 aliphatic heterocycles. The number of methoxy groups -OCH3 is 3. The highest BCUT2D eigenvalue weighted by molar-refractivity contribution is 6.12. The van der Waals surface area contributed by atoms with Crippen molar-refractivity contribution in [1.29, 1.82) is 0 Å². The molecule has 0 saturated carbocycles. The fraction of sp³-hybridized carbons (Fsp3) is 0.188. The molecular formula is C32H29NO5.